The number of phenolic OH excluding ortho intramolecular Hbond substituents is 2. The van der Waals surface area contributed by atoms with Crippen LogP contribution >= 0.6 is 11.8 Å². The SMILES string of the molecule is COC(=O)C1=C2SC(c3ccc(O)cc3)=CC(=O)N2C(N)=C(C#N)C1c1ccc(O)cc1. The van der Waals surface area contributed by atoms with E-state index in [1.54, 1.807) is 24.3 Å². The molecule has 32 heavy (non-hydrogen) atoms. The molecule has 2 aromatic carbocycles. The molecule has 0 saturated heterocycles. The van der Waals surface area contributed by atoms with E-state index in [1.807, 2.05) is 6.07 Å². The number of thioether (sulfide) groups is 1. The number of nitrogens with two attached hydrogens (primary N) is 1. The number of carbonyl (C=O) groups is 2. The summed E-state index contributed by atoms with van der Waals surface area (Å²) in [5, 5.41) is 29.3. The van der Waals surface area contributed by atoms with Gasteiger partial charge in [0.05, 0.1) is 30.2 Å². The number of aromatic hydroxyl groups is 2. The lowest BCUT2D eigenvalue weighted by molar-refractivity contribution is -0.136. The summed E-state index contributed by atoms with van der Waals surface area (Å²) in [5.74, 6) is -2.10. The van der Waals surface area contributed by atoms with E-state index in [9.17, 15) is 25.1 Å². The Balaban J connectivity index is 1.95. The zero-order valence-corrected chi connectivity index (χ0v) is 17.6. The van der Waals surface area contributed by atoms with Crippen molar-refractivity contribution in [2.75, 3.05) is 7.11 Å². The summed E-state index contributed by atoms with van der Waals surface area (Å²) in [6, 6.07) is 14.3. The Bertz CT molecular complexity index is 1250. The molecule has 9 heteroatoms. The van der Waals surface area contributed by atoms with Crippen molar-refractivity contribution in [1.82, 2.24) is 4.90 Å². The van der Waals surface area contributed by atoms with Crippen molar-refractivity contribution in [2.24, 2.45) is 5.73 Å². The molecule has 4 rings (SSSR count). The van der Waals surface area contributed by atoms with Gasteiger partial charge in [-0.05, 0) is 35.4 Å². The summed E-state index contributed by atoms with van der Waals surface area (Å²) in [7, 11) is 1.22. The van der Waals surface area contributed by atoms with Crippen LogP contribution in [0.25, 0.3) is 4.91 Å². The van der Waals surface area contributed by atoms with Crippen LogP contribution in [-0.4, -0.2) is 34.1 Å². The molecule has 1 atom stereocenters. The van der Waals surface area contributed by atoms with E-state index in [-0.39, 0.29) is 33.5 Å². The zero-order chi connectivity index (χ0) is 23.0. The van der Waals surface area contributed by atoms with Crippen molar-refractivity contribution in [3.63, 3.8) is 0 Å². The van der Waals surface area contributed by atoms with E-state index in [0.717, 1.165) is 16.7 Å². The molecule has 8 nitrogen and oxygen atoms in total. The Hall–Kier alpha value is -4.16. The molecule has 4 N–H and O–H groups in total. The highest BCUT2D eigenvalue weighted by Gasteiger charge is 2.43. The van der Waals surface area contributed by atoms with Gasteiger partial charge in [0.2, 0.25) is 0 Å². The number of hydrogen-bond donors (Lipinski definition) is 3. The number of carbonyl (C=O) groups excluding carboxylic acids is 2. The van der Waals surface area contributed by atoms with Crippen LogP contribution in [-0.2, 0) is 14.3 Å². The first kappa shape index (κ1) is 21.1. The monoisotopic (exact) mass is 447 g/mol. The third-order valence-corrected chi connectivity index (χ3v) is 6.28. The highest BCUT2D eigenvalue weighted by atomic mass is 32.2. The Morgan fingerprint density at radius 2 is 1.72 bits per heavy atom. The van der Waals surface area contributed by atoms with E-state index >= 15 is 0 Å². The zero-order valence-electron chi connectivity index (χ0n) is 16.8. The fraction of sp³-hybridized carbons (Fsp3) is 0.0870. The second-order valence-corrected chi connectivity index (χ2v) is 8.01. The summed E-state index contributed by atoms with van der Waals surface area (Å²) in [4.78, 5) is 27.6. The molecule has 0 aliphatic carbocycles. The molecule has 0 spiro atoms. The van der Waals surface area contributed by atoms with Crippen molar-refractivity contribution < 1.29 is 24.5 Å². The van der Waals surface area contributed by atoms with Gasteiger partial charge in [0.1, 0.15) is 22.3 Å². The number of ether oxygens (including phenoxy) is 1. The van der Waals surface area contributed by atoms with Crippen LogP contribution in [0.1, 0.15) is 17.0 Å². The number of nitriles is 1. The Morgan fingerprint density at radius 1 is 1.12 bits per heavy atom. The van der Waals surface area contributed by atoms with Gasteiger partial charge in [-0.25, -0.2) is 4.79 Å². The molecule has 160 valence electrons. The highest BCUT2D eigenvalue weighted by molar-refractivity contribution is 8.11. The summed E-state index contributed by atoms with van der Waals surface area (Å²) >= 11 is 1.14. The lowest BCUT2D eigenvalue weighted by Crippen LogP contribution is -2.40. The summed E-state index contributed by atoms with van der Waals surface area (Å²) in [6.45, 7) is 0. The van der Waals surface area contributed by atoms with E-state index in [2.05, 4.69) is 0 Å². The normalized spacial score (nSPS) is 18.1. The van der Waals surface area contributed by atoms with Gasteiger partial charge < -0.3 is 20.7 Å². The van der Waals surface area contributed by atoms with Gasteiger partial charge in [0.15, 0.2) is 0 Å². The van der Waals surface area contributed by atoms with Gasteiger partial charge >= 0.3 is 5.97 Å². The molecule has 0 aromatic heterocycles. The van der Waals surface area contributed by atoms with Gasteiger partial charge in [0.25, 0.3) is 5.91 Å². The first-order valence-corrected chi connectivity index (χ1v) is 10.2. The molecule has 2 heterocycles. The first-order valence-electron chi connectivity index (χ1n) is 9.40. The van der Waals surface area contributed by atoms with Crippen LogP contribution in [0, 0.1) is 11.3 Å². The van der Waals surface area contributed by atoms with Gasteiger partial charge in [-0.3, -0.25) is 9.69 Å². The van der Waals surface area contributed by atoms with Crippen molar-refractivity contribution in [3.8, 4) is 17.6 Å². The largest absolute Gasteiger partial charge is 0.508 e. The van der Waals surface area contributed by atoms with Gasteiger partial charge in [-0.1, -0.05) is 36.0 Å². The van der Waals surface area contributed by atoms with Crippen molar-refractivity contribution in [1.29, 1.82) is 5.26 Å². The Morgan fingerprint density at radius 3 is 2.28 bits per heavy atom. The first-order chi connectivity index (χ1) is 15.3. The minimum atomic E-state index is -0.890. The van der Waals surface area contributed by atoms with Crippen LogP contribution in [0.4, 0.5) is 0 Å². The fourth-order valence-corrected chi connectivity index (χ4v) is 4.81. The molecule has 2 aliphatic rings. The van der Waals surface area contributed by atoms with Crippen LogP contribution in [0.15, 0.2) is 76.6 Å². The lowest BCUT2D eigenvalue weighted by Gasteiger charge is -2.37. The molecule has 2 aliphatic heterocycles. The van der Waals surface area contributed by atoms with Crippen LogP contribution in [0.5, 0.6) is 11.5 Å². The van der Waals surface area contributed by atoms with E-state index in [4.69, 9.17) is 10.5 Å². The third kappa shape index (κ3) is 3.46. The van der Waals surface area contributed by atoms with Gasteiger partial charge in [0, 0.05) is 11.0 Å². The molecule has 1 amide bonds. The Labute approximate surface area is 187 Å². The maximum absolute atomic E-state index is 13.0. The molecule has 2 aromatic rings. The fourth-order valence-electron chi connectivity index (χ4n) is 3.60. The van der Waals surface area contributed by atoms with Gasteiger partial charge in [-0.2, -0.15) is 5.26 Å². The third-order valence-electron chi connectivity index (χ3n) is 5.11. The molecule has 0 saturated carbocycles. The number of nitrogens with zero attached hydrogens (tertiary/aromatic N) is 2. The maximum Gasteiger partial charge on any atom is 0.337 e. The predicted molar refractivity (Wildman–Crippen MR) is 117 cm³/mol. The number of esters is 1. The predicted octanol–water partition coefficient (Wildman–Crippen LogP) is 2.89. The average Bonchev–Trinajstić information content (AvgIpc) is 2.79. The molecule has 1 unspecified atom stereocenters. The Kier molecular flexibility index (Phi) is 5.38. The second-order valence-electron chi connectivity index (χ2n) is 6.98. The van der Waals surface area contributed by atoms with Crippen molar-refractivity contribution >= 4 is 28.5 Å². The van der Waals surface area contributed by atoms with Crippen molar-refractivity contribution in [2.45, 2.75) is 5.92 Å². The maximum atomic E-state index is 13.0. The molecule has 0 fully saturated rings. The summed E-state index contributed by atoms with van der Waals surface area (Å²) in [6.07, 6.45) is 1.36. The number of phenols is 2. The quantitative estimate of drug-likeness (QED) is 0.611. The van der Waals surface area contributed by atoms with Gasteiger partial charge in [-0.15, -0.1) is 0 Å². The number of fused-ring (bicyclic) bond motifs is 1. The summed E-state index contributed by atoms with van der Waals surface area (Å²) in [5.41, 5.74) is 7.55. The molecular weight excluding hydrogens is 430 g/mol. The van der Waals surface area contributed by atoms with Crippen LogP contribution in [0.2, 0.25) is 0 Å². The standard InChI is InChI=1S/C23H17N3O5S/c1-31-23(30)20-19(13-4-8-15(28)9-5-13)16(11-24)21(25)26-18(29)10-17(32-22(20)26)12-2-6-14(27)7-3-12/h2-10,19,27-28H,25H2,1H3. The lowest BCUT2D eigenvalue weighted by atomic mass is 9.83. The molecule has 0 bridgehead atoms. The van der Waals surface area contributed by atoms with E-state index < -0.39 is 17.8 Å². The number of benzene rings is 2. The number of allylic oxidation sites excluding steroid dienone is 1. The number of methoxy groups -OCH3 is 1. The molecule has 0 radical (unpaired) electrons. The van der Waals surface area contributed by atoms with Crippen molar-refractivity contribution in [3.05, 3.63) is 87.7 Å². The van der Waals surface area contributed by atoms with E-state index in [1.165, 1.54) is 37.5 Å². The smallest absolute Gasteiger partial charge is 0.337 e. The topological polar surface area (TPSA) is 137 Å². The van der Waals surface area contributed by atoms with E-state index in [0.29, 0.717) is 16.0 Å². The van der Waals surface area contributed by atoms with Crippen LogP contribution < -0.4 is 5.73 Å². The molecular formula is C23H17N3O5S. The highest BCUT2D eigenvalue weighted by Crippen LogP contribution is 2.50. The second kappa shape index (κ2) is 8.17. The minimum absolute atomic E-state index is 0.0219. The van der Waals surface area contributed by atoms with Crippen LogP contribution in [0.3, 0.4) is 0 Å². The summed E-state index contributed by atoms with van der Waals surface area (Å²) < 4.78 is 5.01. The number of amides is 1. The number of rotatable bonds is 3. The number of hydrogen-bond acceptors (Lipinski definition) is 8. The minimum Gasteiger partial charge on any atom is -0.508 e. The average molecular weight is 447 g/mol.